The zero-order valence-electron chi connectivity index (χ0n) is 8.00. The van der Waals surface area contributed by atoms with Crippen molar-refractivity contribution in [3.05, 3.63) is 0 Å². The van der Waals surface area contributed by atoms with Gasteiger partial charge in [-0.3, -0.25) is 4.79 Å². The Kier molecular flexibility index (Phi) is 5.52. The second kappa shape index (κ2) is 6.86. The number of unbranched alkanes of at least 4 members (excludes halogenated alkanes) is 1. The first-order valence-electron chi connectivity index (χ1n) is 4.92. The SMILES string of the molecule is O=COCCCCN1CCNCC1. The lowest BCUT2D eigenvalue weighted by Gasteiger charge is -2.26. The average Bonchev–Trinajstić information content (AvgIpc) is 2.19. The second-order valence-corrected chi connectivity index (χ2v) is 3.27. The molecule has 0 saturated carbocycles. The Morgan fingerprint density at radius 2 is 2.08 bits per heavy atom. The monoisotopic (exact) mass is 186 g/mol. The summed E-state index contributed by atoms with van der Waals surface area (Å²) in [5.74, 6) is 0. The fourth-order valence-corrected chi connectivity index (χ4v) is 1.50. The smallest absolute Gasteiger partial charge is 0.293 e. The van der Waals surface area contributed by atoms with E-state index >= 15 is 0 Å². The van der Waals surface area contributed by atoms with Gasteiger partial charge in [-0.15, -0.1) is 0 Å². The summed E-state index contributed by atoms with van der Waals surface area (Å²) in [6.07, 6.45) is 2.09. The van der Waals surface area contributed by atoms with Crippen LogP contribution in [-0.2, 0) is 9.53 Å². The molecule has 0 aromatic rings. The van der Waals surface area contributed by atoms with E-state index in [4.69, 9.17) is 0 Å². The van der Waals surface area contributed by atoms with E-state index in [2.05, 4.69) is 15.0 Å². The lowest BCUT2D eigenvalue weighted by molar-refractivity contribution is -0.128. The van der Waals surface area contributed by atoms with E-state index in [-0.39, 0.29) is 0 Å². The second-order valence-electron chi connectivity index (χ2n) is 3.27. The minimum Gasteiger partial charge on any atom is -0.468 e. The molecule has 1 rings (SSSR count). The van der Waals surface area contributed by atoms with Gasteiger partial charge in [0.2, 0.25) is 0 Å². The summed E-state index contributed by atoms with van der Waals surface area (Å²) in [6.45, 7) is 6.71. The Morgan fingerprint density at radius 3 is 2.77 bits per heavy atom. The molecule has 1 heterocycles. The summed E-state index contributed by atoms with van der Waals surface area (Å²) in [7, 11) is 0. The van der Waals surface area contributed by atoms with Crippen LogP contribution in [0.3, 0.4) is 0 Å². The Labute approximate surface area is 79.2 Å². The van der Waals surface area contributed by atoms with Crippen molar-refractivity contribution in [2.24, 2.45) is 0 Å². The number of hydrogen-bond donors (Lipinski definition) is 1. The highest BCUT2D eigenvalue weighted by atomic mass is 16.5. The molecule has 1 aliphatic heterocycles. The molecule has 76 valence electrons. The molecule has 0 amide bonds. The van der Waals surface area contributed by atoms with Gasteiger partial charge in [0, 0.05) is 26.2 Å². The Balaban J connectivity index is 1.89. The van der Waals surface area contributed by atoms with Crippen LogP contribution in [0.15, 0.2) is 0 Å². The Bertz CT molecular complexity index is 136. The highest BCUT2D eigenvalue weighted by Gasteiger charge is 2.07. The third-order valence-electron chi connectivity index (χ3n) is 2.26. The van der Waals surface area contributed by atoms with E-state index in [1.165, 1.54) is 0 Å². The maximum absolute atomic E-state index is 9.83. The van der Waals surface area contributed by atoms with Crippen LogP contribution in [0.2, 0.25) is 0 Å². The molecule has 0 atom stereocenters. The van der Waals surface area contributed by atoms with Crippen molar-refractivity contribution in [3.63, 3.8) is 0 Å². The largest absolute Gasteiger partial charge is 0.468 e. The van der Waals surface area contributed by atoms with E-state index in [0.717, 1.165) is 45.6 Å². The fraction of sp³-hybridized carbons (Fsp3) is 0.889. The zero-order valence-corrected chi connectivity index (χ0v) is 8.00. The van der Waals surface area contributed by atoms with Gasteiger partial charge in [-0.25, -0.2) is 0 Å². The topological polar surface area (TPSA) is 41.6 Å². The van der Waals surface area contributed by atoms with Crippen molar-refractivity contribution in [1.29, 1.82) is 0 Å². The average molecular weight is 186 g/mol. The molecule has 4 nitrogen and oxygen atoms in total. The molecule has 0 spiro atoms. The van der Waals surface area contributed by atoms with E-state index in [1.54, 1.807) is 0 Å². The summed E-state index contributed by atoms with van der Waals surface area (Å²) in [6, 6.07) is 0. The van der Waals surface area contributed by atoms with Crippen molar-refractivity contribution >= 4 is 6.47 Å². The molecule has 1 N–H and O–H groups in total. The van der Waals surface area contributed by atoms with Crippen LogP contribution >= 0.6 is 0 Å². The van der Waals surface area contributed by atoms with Crippen LogP contribution < -0.4 is 5.32 Å². The molecule has 0 radical (unpaired) electrons. The number of nitrogens with zero attached hydrogens (tertiary/aromatic N) is 1. The van der Waals surface area contributed by atoms with E-state index in [9.17, 15) is 4.79 Å². The van der Waals surface area contributed by atoms with Gasteiger partial charge in [0.15, 0.2) is 0 Å². The lowest BCUT2D eigenvalue weighted by atomic mass is 10.3. The molecule has 0 aliphatic carbocycles. The van der Waals surface area contributed by atoms with Crippen molar-refractivity contribution in [1.82, 2.24) is 10.2 Å². The van der Waals surface area contributed by atoms with Gasteiger partial charge in [0.05, 0.1) is 6.61 Å². The highest BCUT2D eigenvalue weighted by Crippen LogP contribution is 1.97. The van der Waals surface area contributed by atoms with E-state index in [1.807, 2.05) is 0 Å². The molecule has 4 heteroatoms. The number of carbonyl (C=O) groups excluding carboxylic acids is 1. The minimum atomic E-state index is 0.519. The number of nitrogens with one attached hydrogen (secondary N) is 1. The number of rotatable bonds is 6. The van der Waals surface area contributed by atoms with Crippen molar-refractivity contribution in [3.8, 4) is 0 Å². The summed E-state index contributed by atoms with van der Waals surface area (Å²) >= 11 is 0. The number of carbonyl (C=O) groups is 1. The lowest BCUT2D eigenvalue weighted by Crippen LogP contribution is -2.43. The van der Waals surface area contributed by atoms with Crippen molar-refractivity contribution in [2.45, 2.75) is 12.8 Å². The highest BCUT2D eigenvalue weighted by molar-refractivity contribution is 5.36. The van der Waals surface area contributed by atoms with Crippen LogP contribution in [0.5, 0.6) is 0 Å². The van der Waals surface area contributed by atoms with Gasteiger partial charge in [0.25, 0.3) is 6.47 Å². The normalized spacial score (nSPS) is 18.5. The van der Waals surface area contributed by atoms with Gasteiger partial charge in [-0.1, -0.05) is 0 Å². The molecular formula is C9H18N2O2. The molecular weight excluding hydrogens is 168 g/mol. The molecule has 1 fully saturated rings. The van der Waals surface area contributed by atoms with Crippen molar-refractivity contribution in [2.75, 3.05) is 39.3 Å². The van der Waals surface area contributed by atoms with Crippen LogP contribution in [0.25, 0.3) is 0 Å². The van der Waals surface area contributed by atoms with Gasteiger partial charge >= 0.3 is 0 Å². The van der Waals surface area contributed by atoms with Crippen LogP contribution in [0, 0.1) is 0 Å². The van der Waals surface area contributed by atoms with Gasteiger partial charge < -0.3 is 15.0 Å². The minimum absolute atomic E-state index is 0.519. The molecule has 13 heavy (non-hydrogen) atoms. The fourth-order valence-electron chi connectivity index (χ4n) is 1.50. The van der Waals surface area contributed by atoms with Crippen LogP contribution in [-0.4, -0.2) is 50.7 Å². The number of ether oxygens (including phenoxy) is 1. The van der Waals surface area contributed by atoms with Gasteiger partial charge in [0.1, 0.15) is 0 Å². The maximum atomic E-state index is 9.83. The predicted molar refractivity (Wildman–Crippen MR) is 50.6 cm³/mol. The number of hydrogen-bond acceptors (Lipinski definition) is 4. The third kappa shape index (κ3) is 4.85. The summed E-state index contributed by atoms with van der Waals surface area (Å²) in [5.41, 5.74) is 0. The Morgan fingerprint density at radius 1 is 1.31 bits per heavy atom. The molecule has 0 aromatic heterocycles. The summed E-state index contributed by atoms with van der Waals surface area (Å²) < 4.78 is 4.61. The predicted octanol–water partition coefficient (Wildman–Crippen LogP) is -0.155. The standard InChI is InChI=1S/C9H18N2O2/c12-9-13-8-2-1-5-11-6-3-10-4-7-11/h9-10H,1-8H2. The van der Waals surface area contributed by atoms with Crippen molar-refractivity contribution < 1.29 is 9.53 Å². The molecule has 1 aliphatic rings. The van der Waals surface area contributed by atoms with Crippen LogP contribution in [0.1, 0.15) is 12.8 Å². The quantitative estimate of drug-likeness (QED) is 0.462. The Hall–Kier alpha value is -0.610. The molecule has 1 saturated heterocycles. The summed E-state index contributed by atoms with van der Waals surface area (Å²) in [5, 5.41) is 3.31. The van der Waals surface area contributed by atoms with Gasteiger partial charge in [-0.05, 0) is 19.4 Å². The van der Waals surface area contributed by atoms with Crippen LogP contribution in [0.4, 0.5) is 0 Å². The van der Waals surface area contributed by atoms with E-state index < -0.39 is 0 Å². The summed E-state index contributed by atoms with van der Waals surface area (Å²) in [4.78, 5) is 12.3. The maximum Gasteiger partial charge on any atom is 0.293 e. The molecule has 0 aromatic carbocycles. The molecule has 0 bridgehead atoms. The first kappa shape index (κ1) is 10.5. The van der Waals surface area contributed by atoms with Gasteiger partial charge in [-0.2, -0.15) is 0 Å². The third-order valence-corrected chi connectivity index (χ3v) is 2.26. The van der Waals surface area contributed by atoms with E-state index in [0.29, 0.717) is 13.1 Å². The molecule has 0 unspecified atom stereocenters. The zero-order chi connectivity index (χ0) is 9.36. The number of piperazine rings is 1. The first-order valence-corrected chi connectivity index (χ1v) is 4.92. The first-order chi connectivity index (χ1) is 6.43.